The lowest BCUT2D eigenvalue weighted by molar-refractivity contribution is -0.142. The number of carbonyl (C=O) groups is 2. The van der Waals surface area contributed by atoms with Crippen LogP contribution < -0.4 is 5.32 Å². The second kappa shape index (κ2) is 6.91. The van der Waals surface area contributed by atoms with Crippen molar-refractivity contribution in [2.24, 2.45) is 5.92 Å². The van der Waals surface area contributed by atoms with Crippen molar-refractivity contribution in [3.63, 3.8) is 0 Å². The number of carboxylic acid groups (broad SMARTS) is 1. The van der Waals surface area contributed by atoms with Crippen LogP contribution in [0.15, 0.2) is 24.3 Å². The van der Waals surface area contributed by atoms with Crippen molar-refractivity contribution in [1.29, 1.82) is 0 Å². The molecule has 2 N–H and O–H groups in total. The number of aliphatic carboxylic acids is 1. The molecule has 1 saturated heterocycles. The number of carboxylic acids is 1. The predicted octanol–water partition coefficient (Wildman–Crippen LogP) is 1.75. The van der Waals surface area contributed by atoms with Gasteiger partial charge in [-0.1, -0.05) is 29.8 Å². The van der Waals surface area contributed by atoms with E-state index in [0.717, 1.165) is 5.56 Å². The van der Waals surface area contributed by atoms with Crippen LogP contribution in [0, 0.1) is 5.92 Å². The average Bonchev–Trinajstić information content (AvgIpc) is 2.79. The standard InChI is InChI=1S/C15H19ClN2O3/c1-10-12(15(20)21)6-7-18(10)9-14(19)17-8-11-4-2-3-5-13(11)16/h2-5,10,12H,6-9H2,1H3,(H,17,19)(H,20,21). The smallest absolute Gasteiger partial charge is 0.308 e. The van der Waals surface area contributed by atoms with Gasteiger partial charge in [0.25, 0.3) is 0 Å². The quantitative estimate of drug-likeness (QED) is 0.869. The molecule has 1 fully saturated rings. The van der Waals surface area contributed by atoms with E-state index in [1.54, 1.807) is 6.07 Å². The number of hydrogen-bond donors (Lipinski definition) is 2. The Labute approximate surface area is 128 Å². The van der Waals surface area contributed by atoms with E-state index in [0.29, 0.717) is 24.5 Å². The van der Waals surface area contributed by atoms with Crippen LogP contribution in [0.2, 0.25) is 5.02 Å². The minimum absolute atomic E-state index is 0.117. The molecule has 0 spiro atoms. The highest BCUT2D eigenvalue weighted by atomic mass is 35.5. The van der Waals surface area contributed by atoms with Crippen LogP contribution in [0.1, 0.15) is 18.9 Å². The van der Waals surface area contributed by atoms with Crippen molar-refractivity contribution in [1.82, 2.24) is 10.2 Å². The maximum atomic E-state index is 12.0. The molecule has 1 aliphatic rings. The fourth-order valence-electron chi connectivity index (χ4n) is 2.63. The van der Waals surface area contributed by atoms with Crippen molar-refractivity contribution in [2.45, 2.75) is 25.9 Å². The van der Waals surface area contributed by atoms with Crippen LogP contribution in [0.5, 0.6) is 0 Å². The molecule has 1 aliphatic heterocycles. The fourth-order valence-corrected chi connectivity index (χ4v) is 2.84. The number of benzene rings is 1. The van der Waals surface area contributed by atoms with E-state index in [4.69, 9.17) is 16.7 Å². The minimum Gasteiger partial charge on any atom is -0.481 e. The summed E-state index contributed by atoms with van der Waals surface area (Å²) in [5.74, 6) is -1.30. The number of amides is 1. The van der Waals surface area contributed by atoms with Gasteiger partial charge in [0.1, 0.15) is 0 Å². The third kappa shape index (κ3) is 3.95. The van der Waals surface area contributed by atoms with Gasteiger partial charge in [0.15, 0.2) is 0 Å². The molecule has 0 aliphatic carbocycles. The molecule has 2 unspecified atom stereocenters. The summed E-state index contributed by atoms with van der Waals surface area (Å²) in [5, 5.41) is 12.5. The second-order valence-corrected chi connectivity index (χ2v) is 5.72. The highest BCUT2D eigenvalue weighted by Crippen LogP contribution is 2.23. The van der Waals surface area contributed by atoms with Gasteiger partial charge in [-0.3, -0.25) is 14.5 Å². The molecule has 0 radical (unpaired) electrons. The van der Waals surface area contributed by atoms with Gasteiger partial charge in [0, 0.05) is 17.6 Å². The first-order valence-electron chi connectivity index (χ1n) is 6.96. The van der Waals surface area contributed by atoms with E-state index in [-0.39, 0.29) is 24.4 Å². The molecule has 1 amide bonds. The van der Waals surface area contributed by atoms with E-state index in [1.165, 1.54) is 0 Å². The van der Waals surface area contributed by atoms with Gasteiger partial charge < -0.3 is 10.4 Å². The Morgan fingerprint density at radius 2 is 2.14 bits per heavy atom. The van der Waals surface area contributed by atoms with Gasteiger partial charge in [-0.05, 0) is 31.5 Å². The summed E-state index contributed by atoms with van der Waals surface area (Å²) in [5.41, 5.74) is 0.866. The molecule has 114 valence electrons. The molecule has 5 nitrogen and oxygen atoms in total. The highest BCUT2D eigenvalue weighted by molar-refractivity contribution is 6.31. The lowest BCUT2D eigenvalue weighted by Gasteiger charge is -2.22. The van der Waals surface area contributed by atoms with Gasteiger partial charge >= 0.3 is 5.97 Å². The molecule has 2 atom stereocenters. The predicted molar refractivity (Wildman–Crippen MR) is 80.1 cm³/mol. The molecular formula is C15H19ClN2O3. The molecular weight excluding hydrogens is 292 g/mol. The number of hydrogen-bond acceptors (Lipinski definition) is 3. The second-order valence-electron chi connectivity index (χ2n) is 5.31. The Balaban J connectivity index is 1.83. The fraction of sp³-hybridized carbons (Fsp3) is 0.467. The molecule has 21 heavy (non-hydrogen) atoms. The minimum atomic E-state index is -0.790. The number of likely N-dealkylation sites (tertiary alicyclic amines) is 1. The van der Waals surface area contributed by atoms with Crippen molar-refractivity contribution in [3.05, 3.63) is 34.9 Å². The van der Waals surface area contributed by atoms with Crippen molar-refractivity contribution >= 4 is 23.5 Å². The van der Waals surface area contributed by atoms with Gasteiger partial charge in [-0.25, -0.2) is 0 Å². The zero-order valence-corrected chi connectivity index (χ0v) is 12.6. The van der Waals surface area contributed by atoms with Crippen molar-refractivity contribution in [2.75, 3.05) is 13.1 Å². The zero-order valence-electron chi connectivity index (χ0n) is 11.9. The van der Waals surface area contributed by atoms with Gasteiger partial charge in [-0.2, -0.15) is 0 Å². The summed E-state index contributed by atoms with van der Waals surface area (Å²) in [7, 11) is 0. The van der Waals surface area contributed by atoms with E-state index in [9.17, 15) is 9.59 Å². The van der Waals surface area contributed by atoms with Crippen LogP contribution in [0.4, 0.5) is 0 Å². The summed E-state index contributed by atoms with van der Waals surface area (Å²) in [4.78, 5) is 24.9. The largest absolute Gasteiger partial charge is 0.481 e. The summed E-state index contributed by atoms with van der Waals surface area (Å²) in [6.07, 6.45) is 0.592. The Bertz CT molecular complexity index is 535. The van der Waals surface area contributed by atoms with Crippen molar-refractivity contribution in [3.8, 4) is 0 Å². The number of halogens is 1. The van der Waals surface area contributed by atoms with E-state index < -0.39 is 5.97 Å². The van der Waals surface area contributed by atoms with Crippen LogP contribution in [-0.4, -0.2) is 41.0 Å². The van der Waals surface area contributed by atoms with E-state index >= 15 is 0 Å². The van der Waals surface area contributed by atoms with Crippen LogP contribution in [0.3, 0.4) is 0 Å². The number of nitrogens with zero attached hydrogens (tertiary/aromatic N) is 1. The summed E-state index contributed by atoms with van der Waals surface area (Å²) < 4.78 is 0. The first-order chi connectivity index (χ1) is 9.99. The zero-order chi connectivity index (χ0) is 15.4. The molecule has 0 bridgehead atoms. The maximum absolute atomic E-state index is 12.0. The van der Waals surface area contributed by atoms with Crippen molar-refractivity contribution < 1.29 is 14.7 Å². The van der Waals surface area contributed by atoms with Crippen LogP contribution in [0.25, 0.3) is 0 Å². The normalized spacial score (nSPS) is 22.2. The Hall–Kier alpha value is -1.59. The number of carbonyl (C=O) groups excluding carboxylic acids is 1. The average molecular weight is 311 g/mol. The lowest BCUT2D eigenvalue weighted by Crippen LogP contribution is -2.40. The van der Waals surface area contributed by atoms with Gasteiger partial charge in [-0.15, -0.1) is 0 Å². The summed E-state index contributed by atoms with van der Waals surface area (Å²) >= 11 is 6.03. The van der Waals surface area contributed by atoms with E-state index in [1.807, 2.05) is 30.0 Å². The number of rotatable bonds is 5. The Morgan fingerprint density at radius 3 is 2.76 bits per heavy atom. The molecule has 1 aromatic carbocycles. The monoisotopic (exact) mass is 310 g/mol. The molecule has 2 rings (SSSR count). The van der Waals surface area contributed by atoms with Gasteiger partial charge in [0.05, 0.1) is 12.5 Å². The Morgan fingerprint density at radius 1 is 1.43 bits per heavy atom. The topological polar surface area (TPSA) is 69.6 Å². The Kier molecular flexibility index (Phi) is 5.20. The van der Waals surface area contributed by atoms with Crippen LogP contribution in [-0.2, 0) is 16.1 Å². The maximum Gasteiger partial charge on any atom is 0.308 e. The molecule has 1 aromatic rings. The first kappa shape index (κ1) is 15.8. The SMILES string of the molecule is CC1C(C(=O)O)CCN1CC(=O)NCc1ccccc1Cl. The first-order valence-corrected chi connectivity index (χ1v) is 7.34. The third-order valence-electron chi connectivity index (χ3n) is 3.98. The van der Waals surface area contributed by atoms with E-state index in [2.05, 4.69) is 5.32 Å². The van der Waals surface area contributed by atoms with Crippen LogP contribution >= 0.6 is 11.6 Å². The number of nitrogens with one attached hydrogen (secondary N) is 1. The van der Waals surface area contributed by atoms with Gasteiger partial charge in [0.2, 0.25) is 5.91 Å². The summed E-state index contributed by atoms with van der Waals surface area (Å²) in [6, 6.07) is 7.23. The third-order valence-corrected chi connectivity index (χ3v) is 4.35. The molecule has 1 heterocycles. The summed E-state index contributed by atoms with van der Waals surface area (Å²) in [6.45, 7) is 3.09. The highest BCUT2D eigenvalue weighted by Gasteiger charge is 2.36. The lowest BCUT2D eigenvalue weighted by atomic mass is 10.0. The molecule has 0 saturated carbocycles. The molecule has 6 heteroatoms. The molecule has 0 aromatic heterocycles.